The van der Waals surface area contributed by atoms with Crippen LogP contribution in [0.4, 0.5) is 5.69 Å². The van der Waals surface area contributed by atoms with Crippen LogP contribution in [0.5, 0.6) is 0 Å². The first-order valence-electron chi connectivity index (χ1n) is 8.28. The summed E-state index contributed by atoms with van der Waals surface area (Å²) in [5, 5.41) is 12.8. The summed E-state index contributed by atoms with van der Waals surface area (Å²) >= 11 is 11.9. The molecule has 26 heavy (non-hydrogen) atoms. The predicted octanol–water partition coefficient (Wildman–Crippen LogP) is 3.84. The second-order valence-electron chi connectivity index (χ2n) is 6.14. The van der Waals surface area contributed by atoms with Crippen molar-refractivity contribution in [2.45, 2.75) is 18.9 Å². The fourth-order valence-corrected chi connectivity index (χ4v) is 3.56. The number of carbonyl (C=O) groups is 2. The molecular weight excluding hydrogens is 375 g/mol. The average molecular weight is 393 g/mol. The molecule has 0 spiro atoms. The molecule has 1 aliphatic rings. The van der Waals surface area contributed by atoms with Gasteiger partial charge in [0.1, 0.15) is 0 Å². The maximum atomic E-state index is 12.7. The second-order valence-corrected chi connectivity index (χ2v) is 6.98. The Labute approximate surface area is 161 Å². The number of nitrogens with one attached hydrogen (secondary N) is 1. The summed E-state index contributed by atoms with van der Waals surface area (Å²) < 4.78 is 0. The molecule has 0 bridgehead atoms. The molecule has 2 N–H and O–H groups in total. The smallest absolute Gasteiger partial charge is 0.257 e. The molecule has 0 radical (unpaired) electrons. The zero-order chi connectivity index (χ0) is 18.7. The summed E-state index contributed by atoms with van der Waals surface area (Å²) in [5.74, 6) is -0.534. The highest BCUT2D eigenvalue weighted by molar-refractivity contribution is 6.37. The van der Waals surface area contributed by atoms with E-state index in [-0.39, 0.29) is 29.5 Å². The minimum absolute atomic E-state index is 0.0444. The maximum absolute atomic E-state index is 12.7. The van der Waals surface area contributed by atoms with Crippen molar-refractivity contribution in [1.29, 1.82) is 0 Å². The lowest BCUT2D eigenvalue weighted by Crippen LogP contribution is -2.37. The lowest BCUT2D eigenvalue weighted by atomic mass is 10.1. The molecule has 5 nitrogen and oxygen atoms in total. The Morgan fingerprint density at radius 2 is 2.00 bits per heavy atom. The SMILES string of the molecule is O=C(Nc1cccc(C(=O)N2CCCC2CO)c1)c1ccc(Cl)cc1Cl. The Hall–Kier alpha value is -2.08. The van der Waals surface area contributed by atoms with Crippen LogP contribution < -0.4 is 5.32 Å². The molecular formula is C19H18Cl2N2O3. The van der Waals surface area contributed by atoms with Gasteiger partial charge in [0.05, 0.1) is 23.2 Å². The highest BCUT2D eigenvalue weighted by Gasteiger charge is 2.28. The number of benzene rings is 2. The van der Waals surface area contributed by atoms with Gasteiger partial charge in [-0.2, -0.15) is 0 Å². The minimum Gasteiger partial charge on any atom is -0.394 e. The maximum Gasteiger partial charge on any atom is 0.257 e. The van der Waals surface area contributed by atoms with Crippen molar-refractivity contribution in [2.75, 3.05) is 18.5 Å². The van der Waals surface area contributed by atoms with Gasteiger partial charge in [0.25, 0.3) is 11.8 Å². The average Bonchev–Trinajstić information content (AvgIpc) is 3.09. The Bertz CT molecular complexity index is 841. The predicted molar refractivity (Wildman–Crippen MR) is 102 cm³/mol. The van der Waals surface area contributed by atoms with E-state index in [1.165, 1.54) is 6.07 Å². The molecule has 0 aromatic heterocycles. The summed E-state index contributed by atoms with van der Waals surface area (Å²) in [5.41, 5.74) is 1.25. The van der Waals surface area contributed by atoms with Crippen molar-refractivity contribution < 1.29 is 14.7 Å². The molecule has 1 saturated heterocycles. The molecule has 1 heterocycles. The largest absolute Gasteiger partial charge is 0.394 e. The monoisotopic (exact) mass is 392 g/mol. The van der Waals surface area contributed by atoms with Crippen molar-refractivity contribution in [1.82, 2.24) is 4.90 Å². The molecule has 1 fully saturated rings. The van der Waals surface area contributed by atoms with E-state index in [4.69, 9.17) is 23.2 Å². The summed E-state index contributed by atoms with van der Waals surface area (Å²) in [7, 11) is 0. The fraction of sp³-hybridized carbons (Fsp3) is 0.263. The van der Waals surface area contributed by atoms with E-state index < -0.39 is 0 Å². The van der Waals surface area contributed by atoms with Gasteiger partial charge in [-0.05, 0) is 49.2 Å². The first-order valence-corrected chi connectivity index (χ1v) is 9.03. The van der Waals surface area contributed by atoms with Crippen molar-refractivity contribution >= 4 is 40.7 Å². The van der Waals surface area contributed by atoms with Crippen molar-refractivity contribution in [3.8, 4) is 0 Å². The summed E-state index contributed by atoms with van der Waals surface area (Å²) in [4.78, 5) is 26.8. The standard InChI is InChI=1S/C19H18Cl2N2O3/c20-13-6-7-16(17(21)10-13)18(25)22-14-4-1-3-12(9-14)19(26)23-8-2-5-15(23)11-24/h1,3-4,6-7,9-10,15,24H,2,5,8,11H2,(H,22,25). The highest BCUT2D eigenvalue weighted by atomic mass is 35.5. The number of hydrogen-bond acceptors (Lipinski definition) is 3. The Kier molecular flexibility index (Phi) is 5.81. The zero-order valence-electron chi connectivity index (χ0n) is 13.9. The van der Waals surface area contributed by atoms with E-state index in [2.05, 4.69) is 5.32 Å². The molecule has 7 heteroatoms. The summed E-state index contributed by atoms with van der Waals surface area (Å²) in [6.45, 7) is 0.582. The highest BCUT2D eigenvalue weighted by Crippen LogP contribution is 2.24. The van der Waals surface area contributed by atoms with Crippen LogP contribution in [0.25, 0.3) is 0 Å². The van der Waals surface area contributed by atoms with E-state index in [1.807, 2.05) is 0 Å². The van der Waals surface area contributed by atoms with Crippen LogP contribution in [0, 0.1) is 0 Å². The molecule has 0 saturated carbocycles. The Morgan fingerprint density at radius 1 is 1.19 bits per heavy atom. The third kappa shape index (κ3) is 4.01. The molecule has 2 aromatic carbocycles. The number of aliphatic hydroxyl groups excluding tert-OH is 1. The van der Waals surface area contributed by atoms with Gasteiger partial charge < -0.3 is 15.3 Å². The second kappa shape index (κ2) is 8.08. The van der Waals surface area contributed by atoms with Crippen LogP contribution in [-0.4, -0.2) is 41.0 Å². The molecule has 1 unspecified atom stereocenters. The quantitative estimate of drug-likeness (QED) is 0.829. The lowest BCUT2D eigenvalue weighted by molar-refractivity contribution is 0.0677. The van der Waals surface area contributed by atoms with Gasteiger partial charge in [0.2, 0.25) is 0 Å². The van der Waals surface area contributed by atoms with Gasteiger partial charge in [-0.15, -0.1) is 0 Å². The number of halogens is 2. The molecule has 2 aromatic rings. The normalized spacial score (nSPS) is 16.6. The lowest BCUT2D eigenvalue weighted by Gasteiger charge is -2.23. The number of nitrogens with zero attached hydrogens (tertiary/aromatic N) is 1. The van der Waals surface area contributed by atoms with Crippen molar-refractivity contribution in [2.24, 2.45) is 0 Å². The summed E-state index contributed by atoms with van der Waals surface area (Å²) in [6.07, 6.45) is 1.68. The van der Waals surface area contributed by atoms with Gasteiger partial charge in [-0.25, -0.2) is 0 Å². The number of carbonyl (C=O) groups excluding carboxylic acids is 2. The van der Waals surface area contributed by atoms with Gasteiger partial charge in [-0.3, -0.25) is 9.59 Å². The number of anilines is 1. The zero-order valence-corrected chi connectivity index (χ0v) is 15.4. The van der Waals surface area contributed by atoms with Crippen LogP contribution >= 0.6 is 23.2 Å². The summed E-state index contributed by atoms with van der Waals surface area (Å²) in [6, 6.07) is 11.2. The first kappa shape index (κ1) is 18.7. The van der Waals surface area contributed by atoms with Crippen LogP contribution in [0.1, 0.15) is 33.6 Å². The molecule has 0 aliphatic carbocycles. The van der Waals surface area contributed by atoms with Gasteiger partial charge >= 0.3 is 0 Å². The van der Waals surface area contributed by atoms with Crippen LogP contribution in [0.3, 0.4) is 0 Å². The van der Waals surface area contributed by atoms with E-state index >= 15 is 0 Å². The van der Waals surface area contributed by atoms with E-state index in [0.717, 1.165) is 12.8 Å². The van der Waals surface area contributed by atoms with Gasteiger partial charge in [0, 0.05) is 22.8 Å². The van der Waals surface area contributed by atoms with E-state index in [0.29, 0.717) is 28.4 Å². The van der Waals surface area contributed by atoms with Crippen molar-refractivity contribution in [3.63, 3.8) is 0 Å². The van der Waals surface area contributed by atoms with Crippen LogP contribution in [0.15, 0.2) is 42.5 Å². The fourth-order valence-electron chi connectivity index (χ4n) is 3.06. The van der Waals surface area contributed by atoms with Crippen LogP contribution in [0.2, 0.25) is 10.0 Å². The topological polar surface area (TPSA) is 69.6 Å². The Morgan fingerprint density at radius 3 is 2.73 bits per heavy atom. The van der Waals surface area contributed by atoms with Crippen LogP contribution in [-0.2, 0) is 0 Å². The molecule has 1 atom stereocenters. The number of likely N-dealkylation sites (tertiary alicyclic amines) is 1. The molecule has 3 rings (SSSR count). The number of rotatable bonds is 4. The molecule has 1 aliphatic heterocycles. The van der Waals surface area contributed by atoms with Gasteiger partial charge in [0.15, 0.2) is 0 Å². The van der Waals surface area contributed by atoms with Gasteiger partial charge in [-0.1, -0.05) is 29.3 Å². The van der Waals surface area contributed by atoms with Crippen molar-refractivity contribution in [3.05, 3.63) is 63.6 Å². The number of amides is 2. The molecule has 2 amide bonds. The number of hydrogen-bond donors (Lipinski definition) is 2. The molecule has 136 valence electrons. The third-order valence-electron chi connectivity index (χ3n) is 4.39. The third-order valence-corrected chi connectivity index (χ3v) is 4.94. The number of aliphatic hydroxyl groups is 1. The van der Waals surface area contributed by atoms with E-state index in [1.54, 1.807) is 41.3 Å². The minimum atomic E-state index is -0.384. The van der Waals surface area contributed by atoms with E-state index in [9.17, 15) is 14.7 Å². The first-order chi connectivity index (χ1) is 12.5. The Balaban J connectivity index is 1.77.